The maximum Gasteiger partial charge on any atom is 0.257 e. The Morgan fingerprint density at radius 2 is 2.07 bits per heavy atom. The standard InChI is InChI=1S/C23H25ClN4O/c1-14-5-4-10-28(13-14)23(29)19-12-25-22-18(9-7-16(3)26-22)21(19)27-17-8-6-15(2)20(24)11-17/h6-9,11-12,14H,4-5,10,13H2,1-3H3,(H,25,26,27). The molecule has 150 valence electrons. The van der Waals surface area contributed by atoms with Crippen LogP contribution in [0.25, 0.3) is 11.0 Å². The maximum atomic E-state index is 13.4. The molecule has 3 aromatic rings. The molecule has 2 aromatic heterocycles. The highest BCUT2D eigenvalue weighted by Crippen LogP contribution is 2.32. The topological polar surface area (TPSA) is 58.1 Å². The fourth-order valence-electron chi connectivity index (χ4n) is 3.83. The highest BCUT2D eigenvalue weighted by molar-refractivity contribution is 6.31. The van der Waals surface area contributed by atoms with Crippen molar-refractivity contribution in [2.75, 3.05) is 18.4 Å². The summed E-state index contributed by atoms with van der Waals surface area (Å²) in [7, 11) is 0. The van der Waals surface area contributed by atoms with E-state index in [0.717, 1.165) is 53.9 Å². The predicted molar refractivity (Wildman–Crippen MR) is 118 cm³/mol. The molecule has 1 atom stereocenters. The molecule has 6 heteroatoms. The number of benzene rings is 1. The average Bonchev–Trinajstić information content (AvgIpc) is 2.70. The number of amides is 1. The van der Waals surface area contributed by atoms with Crippen LogP contribution in [0.15, 0.2) is 36.5 Å². The smallest absolute Gasteiger partial charge is 0.257 e. The van der Waals surface area contributed by atoms with Gasteiger partial charge in [0.2, 0.25) is 0 Å². The number of halogens is 1. The zero-order valence-corrected chi connectivity index (χ0v) is 17.8. The Hall–Kier alpha value is -2.66. The molecule has 0 radical (unpaired) electrons. The molecule has 1 aliphatic rings. The van der Waals surface area contributed by atoms with Gasteiger partial charge in [0.05, 0.1) is 11.3 Å². The number of hydrogen-bond acceptors (Lipinski definition) is 4. The van der Waals surface area contributed by atoms with E-state index in [-0.39, 0.29) is 5.91 Å². The monoisotopic (exact) mass is 408 g/mol. The number of fused-ring (bicyclic) bond motifs is 1. The van der Waals surface area contributed by atoms with Gasteiger partial charge in [-0.3, -0.25) is 4.79 Å². The van der Waals surface area contributed by atoms with Crippen LogP contribution in [0.5, 0.6) is 0 Å². The van der Waals surface area contributed by atoms with Crippen LogP contribution in [0.2, 0.25) is 5.02 Å². The van der Waals surface area contributed by atoms with Gasteiger partial charge in [-0.2, -0.15) is 0 Å². The number of piperidine rings is 1. The van der Waals surface area contributed by atoms with E-state index in [4.69, 9.17) is 11.6 Å². The molecule has 0 saturated carbocycles. The summed E-state index contributed by atoms with van der Waals surface area (Å²) in [4.78, 5) is 24.3. The molecule has 4 rings (SSSR count). The van der Waals surface area contributed by atoms with Crippen LogP contribution in [0.4, 0.5) is 11.4 Å². The van der Waals surface area contributed by atoms with Crippen molar-refractivity contribution in [1.29, 1.82) is 0 Å². The van der Waals surface area contributed by atoms with Gasteiger partial charge in [0.25, 0.3) is 5.91 Å². The lowest BCUT2D eigenvalue weighted by atomic mass is 9.99. The molecule has 1 aliphatic heterocycles. The van der Waals surface area contributed by atoms with Crippen molar-refractivity contribution in [2.24, 2.45) is 5.92 Å². The molecule has 29 heavy (non-hydrogen) atoms. The fraction of sp³-hybridized carbons (Fsp3) is 0.348. The molecule has 1 saturated heterocycles. The molecule has 0 spiro atoms. The lowest BCUT2D eigenvalue weighted by Crippen LogP contribution is -2.39. The number of carbonyl (C=O) groups excluding carboxylic acids is 1. The minimum atomic E-state index is 0.00670. The summed E-state index contributed by atoms with van der Waals surface area (Å²) >= 11 is 6.32. The second-order valence-corrected chi connectivity index (χ2v) is 8.37. The summed E-state index contributed by atoms with van der Waals surface area (Å²) in [5, 5.41) is 4.93. The Balaban J connectivity index is 1.80. The summed E-state index contributed by atoms with van der Waals surface area (Å²) in [5.41, 5.74) is 4.63. The number of nitrogens with one attached hydrogen (secondary N) is 1. The Morgan fingerprint density at radius 1 is 1.24 bits per heavy atom. The van der Waals surface area contributed by atoms with Crippen LogP contribution >= 0.6 is 11.6 Å². The first-order chi connectivity index (χ1) is 13.9. The van der Waals surface area contributed by atoms with Gasteiger partial charge in [0.1, 0.15) is 0 Å². The van der Waals surface area contributed by atoms with E-state index in [9.17, 15) is 4.79 Å². The van der Waals surface area contributed by atoms with Crippen molar-refractivity contribution >= 4 is 39.9 Å². The second-order valence-electron chi connectivity index (χ2n) is 7.96. The molecule has 0 bridgehead atoms. The van der Waals surface area contributed by atoms with Gasteiger partial charge in [-0.25, -0.2) is 9.97 Å². The molecule has 0 aliphatic carbocycles. The zero-order chi connectivity index (χ0) is 20.5. The number of aromatic nitrogens is 2. The van der Waals surface area contributed by atoms with Crippen molar-refractivity contribution in [3.8, 4) is 0 Å². The normalized spacial score (nSPS) is 16.8. The first-order valence-corrected chi connectivity index (χ1v) is 10.4. The van der Waals surface area contributed by atoms with E-state index in [1.54, 1.807) is 6.20 Å². The Labute approximate surface area is 176 Å². The Bertz CT molecular complexity index is 1080. The quantitative estimate of drug-likeness (QED) is 0.620. The van der Waals surface area contributed by atoms with Crippen LogP contribution in [-0.4, -0.2) is 33.9 Å². The van der Waals surface area contributed by atoms with Crippen molar-refractivity contribution in [1.82, 2.24) is 14.9 Å². The van der Waals surface area contributed by atoms with Gasteiger partial charge in [-0.1, -0.05) is 24.6 Å². The lowest BCUT2D eigenvalue weighted by molar-refractivity contribution is 0.0684. The zero-order valence-electron chi connectivity index (χ0n) is 17.0. The molecule has 1 fully saturated rings. The largest absolute Gasteiger partial charge is 0.354 e. The molecule has 1 aromatic carbocycles. The van der Waals surface area contributed by atoms with Gasteiger partial charge in [0.15, 0.2) is 5.65 Å². The minimum Gasteiger partial charge on any atom is -0.354 e. The number of hydrogen-bond donors (Lipinski definition) is 1. The van der Waals surface area contributed by atoms with Crippen molar-refractivity contribution < 1.29 is 4.79 Å². The number of pyridine rings is 2. The third-order valence-corrected chi connectivity index (χ3v) is 5.89. The highest BCUT2D eigenvalue weighted by Gasteiger charge is 2.25. The van der Waals surface area contributed by atoms with Gasteiger partial charge >= 0.3 is 0 Å². The SMILES string of the molecule is Cc1ccc2c(Nc3ccc(C)c(Cl)c3)c(C(=O)N3CCCC(C)C3)cnc2n1. The Morgan fingerprint density at radius 3 is 2.83 bits per heavy atom. The van der Waals surface area contributed by atoms with E-state index in [2.05, 4.69) is 22.2 Å². The molecule has 1 unspecified atom stereocenters. The molecule has 1 N–H and O–H groups in total. The van der Waals surface area contributed by atoms with Gasteiger partial charge in [-0.15, -0.1) is 0 Å². The number of carbonyl (C=O) groups is 1. The molecule has 5 nitrogen and oxygen atoms in total. The lowest BCUT2D eigenvalue weighted by Gasteiger charge is -2.31. The van der Waals surface area contributed by atoms with E-state index in [0.29, 0.717) is 22.2 Å². The number of aryl methyl sites for hydroxylation is 2. The van der Waals surface area contributed by atoms with Crippen molar-refractivity contribution in [2.45, 2.75) is 33.6 Å². The first kappa shape index (κ1) is 19.6. The van der Waals surface area contributed by atoms with Crippen LogP contribution in [0, 0.1) is 19.8 Å². The van der Waals surface area contributed by atoms with Crippen LogP contribution in [0.1, 0.15) is 41.4 Å². The summed E-state index contributed by atoms with van der Waals surface area (Å²) < 4.78 is 0. The molecule has 1 amide bonds. The van der Waals surface area contributed by atoms with Gasteiger partial charge in [-0.05, 0) is 62.4 Å². The summed E-state index contributed by atoms with van der Waals surface area (Å²) in [5.74, 6) is 0.518. The first-order valence-electron chi connectivity index (χ1n) is 10.0. The predicted octanol–water partition coefficient (Wildman–Crippen LogP) is 5.52. The van der Waals surface area contributed by atoms with E-state index >= 15 is 0 Å². The van der Waals surface area contributed by atoms with E-state index in [1.807, 2.05) is 49.1 Å². The van der Waals surface area contributed by atoms with Gasteiger partial charge in [0, 0.05) is 41.1 Å². The molecular weight excluding hydrogens is 384 g/mol. The summed E-state index contributed by atoms with van der Waals surface area (Å²) in [6, 6.07) is 9.71. The van der Waals surface area contributed by atoms with Crippen LogP contribution in [-0.2, 0) is 0 Å². The number of likely N-dealkylation sites (tertiary alicyclic amines) is 1. The van der Waals surface area contributed by atoms with Crippen molar-refractivity contribution in [3.63, 3.8) is 0 Å². The molecular formula is C23H25ClN4O. The maximum absolute atomic E-state index is 13.4. The third-order valence-electron chi connectivity index (χ3n) is 5.48. The third kappa shape index (κ3) is 4.06. The van der Waals surface area contributed by atoms with Crippen LogP contribution in [0.3, 0.4) is 0 Å². The second kappa shape index (κ2) is 7.99. The van der Waals surface area contributed by atoms with Crippen LogP contribution < -0.4 is 5.32 Å². The van der Waals surface area contributed by atoms with E-state index in [1.165, 1.54) is 0 Å². The van der Waals surface area contributed by atoms with Gasteiger partial charge < -0.3 is 10.2 Å². The highest BCUT2D eigenvalue weighted by atomic mass is 35.5. The number of nitrogens with zero attached hydrogens (tertiary/aromatic N) is 3. The number of rotatable bonds is 3. The number of anilines is 2. The Kier molecular flexibility index (Phi) is 5.41. The average molecular weight is 409 g/mol. The minimum absolute atomic E-state index is 0.00670. The summed E-state index contributed by atoms with van der Waals surface area (Å²) in [6.45, 7) is 7.65. The molecule has 3 heterocycles. The fourth-order valence-corrected chi connectivity index (χ4v) is 4.01. The summed E-state index contributed by atoms with van der Waals surface area (Å²) in [6.07, 6.45) is 3.84. The van der Waals surface area contributed by atoms with E-state index < -0.39 is 0 Å². The van der Waals surface area contributed by atoms with Crippen molar-refractivity contribution in [3.05, 3.63) is 58.4 Å².